The molecule has 1 saturated heterocycles. The van der Waals surface area contributed by atoms with Crippen LogP contribution in [0.4, 0.5) is 17.1 Å². The number of non-ortho nitro benzene ring substituents is 1. The lowest BCUT2D eigenvalue weighted by molar-refractivity contribution is -0.384. The van der Waals surface area contributed by atoms with Gasteiger partial charge in [-0.15, -0.1) is 0 Å². The van der Waals surface area contributed by atoms with Crippen LogP contribution in [0.3, 0.4) is 0 Å². The number of hydrogen-bond donors (Lipinski definition) is 0. The topological polar surface area (TPSA) is 89.0 Å². The van der Waals surface area contributed by atoms with Gasteiger partial charge in [0, 0.05) is 23.8 Å². The third-order valence-corrected chi connectivity index (χ3v) is 6.91. The second-order valence-electron chi connectivity index (χ2n) is 8.78. The van der Waals surface area contributed by atoms with E-state index in [1.54, 1.807) is 36.1 Å². The van der Waals surface area contributed by atoms with Gasteiger partial charge in [-0.05, 0) is 80.6 Å². The highest BCUT2D eigenvalue weighted by Gasteiger charge is 2.35. The van der Waals surface area contributed by atoms with E-state index < -0.39 is 4.92 Å². The van der Waals surface area contributed by atoms with Crippen LogP contribution in [0.5, 0.6) is 0 Å². The van der Waals surface area contributed by atoms with Crippen LogP contribution in [0, 0.1) is 30.9 Å². The molecule has 0 aliphatic carbocycles. The van der Waals surface area contributed by atoms with Crippen molar-refractivity contribution in [2.24, 2.45) is 4.99 Å². The molecule has 0 bridgehead atoms. The summed E-state index contributed by atoms with van der Waals surface area (Å²) >= 11 is 1.29. The molecule has 0 spiro atoms. The van der Waals surface area contributed by atoms with Crippen LogP contribution in [0.25, 0.3) is 17.4 Å². The molecule has 1 fully saturated rings. The first-order valence-electron chi connectivity index (χ1n) is 11.6. The maximum absolute atomic E-state index is 13.5. The highest BCUT2D eigenvalue weighted by molar-refractivity contribution is 8.19. The predicted molar refractivity (Wildman–Crippen MR) is 148 cm³/mol. The average molecular weight is 510 g/mol. The number of aliphatic imine (C=N–C) groups is 1. The van der Waals surface area contributed by atoms with Crippen molar-refractivity contribution in [3.63, 3.8) is 0 Å². The number of nitro benzene ring substituents is 1. The molecule has 1 aromatic heterocycles. The van der Waals surface area contributed by atoms with E-state index in [-0.39, 0.29) is 11.6 Å². The van der Waals surface area contributed by atoms with Gasteiger partial charge < -0.3 is 4.42 Å². The molecule has 5 rings (SSSR count). The molecule has 1 aliphatic heterocycles. The van der Waals surface area contributed by atoms with Gasteiger partial charge in [0.25, 0.3) is 11.6 Å². The second kappa shape index (κ2) is 9.91. The fourth-order valence-corrected chi connectivity index (χ4v) is 4.92. The first-order valence-corrected chi connectivity index (χ1v) is 12.4. The van der Waals surface area contributed by atoms with E-state index in [0.29, 0.717) is 21.6 Å². The minimum atomic E-state index is -0.423. The summed E-state index contributed by atoms with van der Waals surface area (Å²) in [5, 5.41) is 11.6. The summed E-state index contributed by atoms with van der Waals surface area (Å²) in [6, 6.07) is 23.8. The van der Waals surface area contributed by atoms with Gasteiger partial charge in [0.2, 0.25) is 0 Å². The zero-order chi connectivity index (χ0) is 26.1. The molecule has 3 aromatic carbocycles. The maximum Gasteiger partial charge on any atom is 0.271 e. The van der Waals surface area contributed by atoms with Crippen LogP contribution in [-0.2, 0) is 4.79 Å². The quantitative estimate of drug-likeness (QED) is 0.157. The summed E-state index contributed by atoms with van der Waals surface area (Å²) in [5.74, 6) is 0.881. The number of carbonyl (C=O) groups is 1. The van der Waals surface area contributed by atoms with Gasteiger partial charge in [-0.25, -0.2) is 4.99 Å². The number of amidine groups is 1. The van der Waals surface area contributed by atoms with Crippen molar-refractivity contribution in [1.82, 2.24) is 0 Å². The van der Waals surface area contributed by atoms with Crippen molar-refractivity contribution in [3.8, 4) is 11.3 Å². The van der Waals surface area contributed by atoms with Gasteiger partial charge in [0.15, 0.2) is 5.17 Å². The number of amides is 1. The Balaban J connectivity index is 1.49. The Kier molecular flexibility index (Phi) is 6.50. The van der Waals surface area contributed by atoms with Crippen LogP contribution in [0.2, 0.25) is 0 Å². The van der Waals surface area contributed by atoms with Gasteiger partial charge in [-0.3, -0.25) is 19.8 Å². The lowest BCUT2D eigenvalue weighted by atomic mass is 10.1. The fourth-order valence-electron chi connectivity index (χ4n) is 3.94. The zero-order valence-electron chi connectivity index (χ0n) is 20.5. The van der Waals surface area contributed by atoms with E-state index in [1.807, 2.05) is 62.4 Å². The summed E-state index contributed by atoms with van der Waals surface area (Å²) in [4.78, 5) is 31.0. The van der Waals surface area contributed by atoms with Gasteiger partial charge in [0.05, 0.1) is 21.2 Å². The molecule has 184 valence electrons. The largest absolute Gasteiger partial charge is 0.457 e. The number of rotatable bonds is 5. The van der Waals surface area contributed by atoms with Gasteiger partial charge >= 0.3 is 0 Å². The van der Waals surface area contributed by atoms with Crippen molar-refractivity contribution in [3.05, 3.63) is 116 Å². The molecule has 4 aromatic rings. The number of aryl methyl sites for hydroxylation is 3. The summed E-state index contributed by atoms with van der Waals surface area (Å²) in [5.41, 5.74) is 5.23. The van der Waals surface area contributed by atoms with E-state index in [4.69, 9.17) is 9.41 Å². The van der Waals surface area contributed by atoms with Crippen molar-refractivity contribution in [1.29, 1.82) is 0 Å². The molecule has 7 nitrogen and oxygen atoms in total. The molecular formula is C29H23N3O4S. The number of nitrogens with zero attached hydrogens (tertiary/aromatic N) is 3. The minimum absolute atomic E-state index is 0.0275. The maximum atomic E-state index is 13.5. The Bertz CT molecular complexity index is 1570. The summed E-state index contributed by atoms with van der Waals surface area (Å²) in [6.07, 6.45) is 1.70. The van der Waals surface area contributed by atoms with E-state index in [9.17, 15) is 14.9 Å². The predicted octanol–water partition coefficient (Wildman–Crippen LogP) is 7.59. The Hall–Kier alpha value is -4.43. The number of carbonyl (C=O) groups excluding carboxylic acids is 1. The number of thioether (sulfide) groups is 1. The normalized spacial score (nSPS) is 15.6. The molecule has 37 heavy (non-hydrogen) atoms. The van der Waals surface area contributed by atoms with E-state index in [2.05, 4.69) is 0 Å². The molecule has 1 amide bonds. The molecule has 0 N–H and O–H groups in total. The third-order valence-electron chi connectivity index (χ3n) is 5.94. The Morgan fingerprint density at radius 2 is 1.59 bits per heavy atom. The summed E-state index contributed by atoms with van der Waals surface area (Å²) < 4.78 is 6.01. The van der Waals surface area contributed by atoms with Gasteiger partial charge in [0.1, 0.15) is 11.5 Å². The van der Waals surface area contributed by atoms with Crippen LogP contribution >= 0.6 is 11.8 Å². The van der Waals surface area contributed by atoms with Crippen molar-refractivity contribution >= 4 is 46.0 Å². The number of hydrogen-bond acceptors (Lipinski definition) is 6. The standard InChI is InChI=1S/C29H23N3O4S/c1-18-4-8-21(9-5-18)30-29-31(22-10-6-19(2)7-11-22)28(33)27(37-29)17-24-13-15-26(36-24)25-14-12-23(32(34)35)16-20(25)3/h4-17H,1-3H3/b27-17-,30-29?. The smallest absolute Gasteiger partial charge is 0.271 e. The first kappa shape index (κ1) is 24.3. The Labute approximate surface area is 218 Å². The molecule has 0 atom stereocenters. The third kappa shape index (κ3) is 5.10. The van der Waals surface area contributed by atoms with E-state index in [0.717, 1.165) is 33.6 Å². The number of benzene rings is 3. The number of anilines is 1. The Morgan fingerprint density at radius 1 is 0.919 bits per heavy atom. The highest BCUT2D eigenvalue weighted by Crippen LogP contribution is 2.38. The molecule has 2 heterocycles. The molecule has 0 unspecified atom stereocenters. The monoisotopic (exact) mass is 509 g/mol. The number of nitro groups is 1. The van der Waals surface area contributed by atoms with Crippen LogP contribution in [0.15, 0.2) is 93.2 Å². The first-order chi connectivity index (χ1) is 17.8. The van der Waals surface area contributed by atoms with Crippen LogP contribution in [-0.4, -0.2) is 16.0 Å². The molecular weight excluding hydrogens is 486 g/mol. The molecule has 8 heteroatoms. The van der Waals surface area contributed by atoms with Gasteiger partial charge in [-0.1, -0.05) is 35.4 Å². The second-order valence-corrected chi connectivity index (χ2v) is 9.78. The summed E-state index contributed by atoms with van der Waals surface area (Å²) in [7, 11) is 0. The lowest BCUT2D eigenvalue weighted by Crippen LogP contribution is -2.28. The Morgan fingerprint density at radius 3 is 2.24 bits per heavy atom. The van der Waals surface area contributed by atoms with E-state index >= 15 is 0 Å². The molecule has 0 saturated carbocycles. The van der Waals surface area contributed by atoms with Crippen molar-refractivity contribution in [2.75, 3.05) is 4.90 Å². The zero-order valence-corrected chi connectivity index (χ0v) is 21.3. The molecule has 1 aliphatic rings. The molecule has 0 radical (unpaired) electrons. The van der Waals surface area contributed by atoms with Crippen LogP contribution in [0.1, 0.15) is 22.5 Å². The van der Waals surface area contributed by atoms with Crippen molar-refractivity contribution in [2.45, 2.75) is 20.8 Å². The highest BCUT2D eigenvalue weighted by atomic mass is 32.2. The van der Waals surface area contributed by atoms with E-state index in [1.165, 1.54) is 23.9 Å². The average Bonchev–Trinajstić information content (AvgIpc) is 3.45. The van der Waals surface area contributed by atoms with Gasteiger partial charge in [-0.2, -0.15) is 0 Å². The van der Waals surface area contributed by atoms with Crippen molar-refractivity contribution < 1.29 is 14.1 Å². The van der Waals surface area contributed by atoms with Crippen LogP contribution < -0.4 is 4.90 Å². The lowest BCUT2D eigenvalue weighted by Gasteiger charge is -2.16. The minimum Gasteiger partial charge on any atom is -0.457 e. The number of furan rings is 1. The fraction of sp³-hybridized carbons (Fsp3) is 0.103. The summed E-state index contributed by atoms with van der Waals surface area (Å²) in [6.45, 7) is 5.81. The SMILES string of the molecule is Cc1ccc(N=C2S/C(=C\c3ccc(-c4ccc([N+](=O)[O-])cc4C)o3)C(=O)N2c2ccc(C)cc2)cc1.